The van der Waals surface area contributed by atoms with Gasteiger partial charge < -0.3 is 5.32 Å². The van der Waals surface area contributed by atoms with Crippen molar-refractivity contribution >= 4 is 0 Å². The Hall–Kier alpha value is -0.0800. The Morgan fingerprint density at radius 2 is 2.00 bits per heavy atom. The van der Waals surface area contributed by atoms with Crippen LogP contribution in [0.1, 0.15) is 47.5 Å². The van der Waals surface area contributed by atoms with Gasteiger partial charge in [0.25, 0.3) is 0 Å². The van der Waals surface area contributed by atoms with Crippen LogP contribution in [0.3, 0.4) is 0 Å². The van der Waals surface area contributed by atoms with Crippen molar-refractivity contribution in [2.24, 2.45) is 11.8 Å². The third-order valence-corrected chi connectivity index (χ3v) is 3.86. The van der Waals surface area contributed by atoms with E-state index >= 15 is 0 Å². The van der Waals surface area contributed by atoms with E-state index in [2.05, 4.69) is 44.8 Å². The van der Waals surface area contributed by atoms with Crippen molar-refractivity contribution in [3.8, 4) is 0 Å². The predicted molar refractivity (Wildman–Crippen MR) is 71.7 cm³/mol. The zero-order chi connectivity index (χ0) is 12.1. The minimum absolute atomic E-state index is 0.685. The van der Waals surface area contributed by atoms with Crippen LogP contribution in [0, 0.1) is 11.8 Å². The van der Waals surface area contributed by atoms with Gasteiger partial charge in [-0.25, -0.2) is 0 Å². The summed E-state index contributed by atoms with van der Waals surface area (Å²) in [5, 5.41) is 3.66. The Morgan fingerprint density at radius 1 is 1.31 bits per heavy atom. The smallest absolute Gasteiger partial charge is 0.0218 e. The topological polar surface area (TPSA) is 15.3 Å². The quantitative estimate of drug-likeness (QED) is 0.775. The summed E-state index contributed by atoms with van der Waals surface area (Å²) in [4.78, 5) is 2.68. The van der Waals surface area contributed by atoms with Gasteiger partial charge >= 0.3 is 0 Å². The fraction of sp³-hybridized carbons (Fsp3) is 1.00. The van der Waals surface area contributed by atoms with E-state index in [4.69, 9.17) is 0 Å². The number of nitrogens with zero attached hydrogens (tertiary/aromatic N) is 1. The van der Waals surface area contributed by atoms with Crippen LogP contribution in [0.2, 0.25) is 0 Å². The van der Waals surface area contributed by atoms with E-state index in [0.717, 1.165) is 18.4 Å². The van der Waals surface area contributed by atoms with Crippen LogP contribution in [-0.2, 0) is 0 Å². The highest BCUT2D eigenvalue weighted by atomic mass is 15.2. The Labute approximate surface area is 102 Å². The monoisotopic (exact) mass is 226 g/mol. The van der Waals surface area contributed by atoms with Crippen molar-refractivity contribution in [1.82, 2.24) is 10.2 Å². The molecule has 1 saturated heterocycles. The largest absolute Gasteiger partial charge is 0.311 e. The molecular weight excluding hydrogens is 196 g/mol. The zero-order valence-electron chi connectivity index (χ0n) is 11.8. The molecule has 0 radical (unpaired) electrons. The molecule has 1 N–H and O–H groups in total. The molecule has 1 heterocycles. The molecule has 0 saturated carbocycles. The first kappa shape index (κ1) is 14.0. The summed E-state index contributed by atoms with van der Waals surface area (Å²) >= 11 is 0. The maximum absolute atomic E-state index is 3.66. The first-order chi connectivity index (χ1) is 7.54. The van der Waals surface area contributed by atoms with Gasteiger partial charge in [0.1, 0.15) is 0 Å². The van der Waals surface area contributed by atoms with E-state index in [1.807, 2.05) is 0 Å². The SMILES string of the molecule is CCCC(C)CN1CC(C(C)C)NCC1C. The first-order valence-electron chi connectivity index (χ1n) is 7.02. The van der Waals surface area contributed by atoms with Crippen LogP contribution >= 0.6 is 0 Å². The number of nitrogens with one attached hydrogen (secondary N) is 1. The molecule has 2 nitrogen and oxygen atoms in total. The van der Waals surface area contributed by atoms with Crippen molar-refractivity contribution in [2.45, 2.75) is 59.5 Å². The molecule has 16 heavy (non-hydrogen) atoms. The maximum atomic E-state index is 3.66. The van der Waals surface area contributed by atoms with Crippen LogP contribution in [0.5, 0.6) is 0 Å². The molecule has 1 rings (SSSR count). The van der Waals surface area contributed by atoms with E-state index in [1.54, 1.807) is 0 Å². The van der Waals surface area contributed by atoms with Gasteiger partial charge in [-0.05, 0) is 25.2 Å². The van der Waals surface area contributed by atoms with E-state index in [0.29, 0.717) is 12.1 Å². The summed E-state index contributed by atoms with van der Waals surface area (Å²) in [6.07, 6.45) is 2.68. The molecule has 3 unspecified atom stereocenters. The second-order valence-corrected chi connectivity index (χ2v) is 5.96. The molecule has 96 valence electrons. The summed E-state index contributed by atoms with van der Waals surface area (Å²) in [6, 6.07) is 1.39. The summed E-state index contributed by atoms with van der Waals surface area (Å²) in [5.74, 6) is 1.59. The van der Waals surface area contributed by atoms with E-state index in [-0.39, 0.29) is 0 Å². The standard InChI is InChI=1S/C14H30N2/c1-6-7-12(4)9-16-10-14(11(2)3)15-8-13(16)5/h11-15H,6-10H2,1-5H3. The number of hydrogen-bond acceptors (Lipinski definition) is 2. The molecule has 0 aromatic rings. The molecular formula is C14H30N2. The van der Waals surface area contributed by atoms with Crippen molar-refractivity contribution in [3.63, 3.8) is 0 Å². The maximum Gasteiger partial charge on any atom is 0.0218 e. The Bertz CT molecular complexity index is 191. The highest BCUT2D eigenvalue weighted by Gasteiger charge is 2.27. The molecule has 1 aliphatic heterocycles. The zero-order valence-corrected chi connectivity index (χ0v) is 11.8. The van der Waals surface area contributed by atoms with Gasteiger partial charge in [-0.2, -0.15) is 0 Å². The van der Waals surface area contributed by atoms with Crippen molar-refractivity contribution in [2.75, 3.05) is 19.6 Å². The highest BCUT2D eigenvalue weighted by Crippen LogP contribution is 2.16. The Morgan fingerprint density at radius 3 is 2.56 bits per heavy atom. The number of piperazine rings is 1. The van der Waals surface area contributed by atoms with Crippen molar-refractivity contribution in [1.29, 1.82) is 0 Å². The van der Waals surface area contributed by atoms with Gasteiger partial charge in [-0.3, -0.25) is 4.90 Å². The summed E-state index contributed by atoms with van der Waals surface area (Å²) in [5.41, 5.74) is 0. The minimum Gasteiger partial charge on any atom is -0.311 e. The minimum atomic E-state index is 0.685. The molecule has 3 atom stereocenters. The van der Waals surface area contributed by atoms with Gasteiger partial charge in [0.05, 0.1) is 0 Å². The molecule has 0 bridgehead atoms. The Kier molecular flexibility index (Phi) is 5.77. The fourth-order valence-electron chi connectivity index (χ4n) is 2.63. The molecule has 0 aromatic carbocycles. The Balaban J connectivity index is 2.43. The molecule has 0 spiro atoms. The third-order valence-electron chi connectivity index (χ3n) is 3.86. The highest BCUT2D eigenvalue weighted by molar-refractivity contribution is 4.86. The third kappa shape index (κ3) is 4.06. The summed E-state index contributed by atoms with van der Waals surface area (Å²) < 4.78 is 0. The number of hydrogen-bond donors (Lipinski definition) is 1. The molecule has 2 heteroatoms. The lowest BCUT2D eigenvalue weighted by atomic mass is 9.97. The molecule has 0 aromatic heterocycles. The van der Waals surface area contributed by atoms with Gasteiger partial charge in [0, 0.05) is 31.7 Å². The van der Waals surface area contributed by atoms with Gasteiger partial charge in [-0.15, -0.1) is 0 Å². The van der Waals surface area contributed by atoms with Crippen LogP contribution in [0.25, 0.3) is 0 Å². The predicted octanol–water partition coefficient (Wildman–Crippen LogP) is 2.74. The van der Waals surface area contributed by atoms with Crippen LogP contribution in [-0.4, -0.2) is 36.6 Å². The molecule has 1 fully saturated rings. The van der Waals surface area contributed by atoms with E-state index < -0.39 is 0 Å². The van der Waals surface area contributed by atoms with Gasteiger partial charge in [0.15, 0.2) is 0 Å². The molecule has 0 amide bonds. The van der Waals surface area contributed by atoms with E-state index in [9.17, 15) is 0 Å². The van der Waals surface area contributed by atoms with Crippen molar-refractivity contribution < 1.29 is 0 Å². The fourth-order valence-corrected chi connectivity index (χ4v) is 2.63. The lowest BCUT2D eigenvalue weighted by Gasteiger charge is -2.41. The lowest BCUT2D eigenvalue weighted by molar-refractivity contribution is 0.106. The molecule has 0 aliphatic carbocycles. The second-order valence-electron chi connectivity index (χ2n) is 5.96. The summed E-state index contributed by atoms with van der Waals surface area (Å²) in [6.45, 7) is 15.3. The lowest BCUT2D eigenvalue weighted by Crippen LogP contribution is -2.57. The average Bonchev–Trinajstić information content (AvgIpc) is 2.21. The van der Waals surface area contributed by atoms with Crippen LogP contribution in [0.4, 0.5) is 0 Å². The second kappa shape index (κ2) is 6.61. The average molecular weight is 226 g/mol. The molecule has 1 aliphatic rings. The van der Waals surface area contributed by atoms with E-state index in [1.165, 1.54) is 25.9 Å². The van der Waals surface area contributed by atoms with Crippen molar-refractivity contribution in [3.05, 3.63) is 0 Å². The summed E-state index contributed by atoms with van der Waals surface area (Å²) in [7, 11) is 0. The van der Waals surface area contributed by atoms with Crippen LogP contribution in [0.15, 0.2) is 0 Å². The first-order valence-corrected chi connectivity index (χ1v) is 7.02. The number of rotatable bonds is 5. The normalized spacial score (nSPS) is 29.6. The van der Waals surface area contributed by atoms with Crippen LogP contribution < -0.4 is 5.32 Å². The van der Waals surface area contributed by atoms with Gasteiger partial charge in [-0.1, -0.05) is 34.1 Å². The van der Waals surface area contributed by atoms with Gasteiger partial charge in [0.2, 0.25) is 0 Å².